The predicted molar refractivity (Wildman–Crippen MR) is 76.2 cm³/mol. The molecule has 0 bridgehead atoms. The molecule has 0 spiro atoms. The summed E-state index contributed by atoms with van der Waals surface area (Å²) in [5.41, 5.74) is 2.56. The van der Waals surface area contributed by atoms with Crippen LogP contribution in [0.3, 0.4) is 0 Å². The highest BCUT2D eigenvalue weighted by Gasteiger charge is 2.38. The Bertz CT molecular complexity index is 421. The van der Waals surface area contributed by atoms with Crippen molar-refractivity contribution >= 4 is 5.69 Å². The van der Waals surface area contributed by atoms with Crippen LogP contribution >= 0.6 is 0 Å². The standard InChI is InChI=1S/C16H23NO2/c18-9-4-3-5-12-8-10-19-16-13-6-1-2-7-15(13)17-11-14(12)16/h1-2,6-7,12,14,16-18H,3-5,8-11H2/t12-,14-,16-/m1/s1. The van der Waals surface area contributed by atoms with Gasteiger partial charge in [-0.2, -0.15) is 0 Å². The van der Waals surface area contributed by atoms with Gasteiger partial charge < -0.3 is 15.2 Å². The summed E-state index contributed by atoms with van der Waals surface area (Å²) >= 11 is 0. The molecule has 2 aliphatic heterocycles. The van der Waals surface area contributed by atoms with Gasteiger partial charge in [-0.25, -0.2) is 0 Å². The maximum Gasteiger partial charge on any atom is 0.0892 e. The minimum atomic E-state index is 0.269. The van der Waals surface area contributed by atoms with Gasteiger partial charge in [0, 0.05) is 36.9 Å². The summed E-state index contributed by atoms with van der Waals surface area (Å²) in [6.45, 7) is 2.21. The molecule has 0 aliphatic carbocycles. The van der Waals surface area contributed by atoms with Crippen molar-refractivity contribution in [3.63, 3.8) is 0 Å². The van der Waals surface area contributed by atoms with E-state index in [2.05, 4.69) is 29.6 Å². The van der Waals surface area contributed by atoms with Crippen molar-refractivity contribution in [1.82, 2.24) is 0 Å². The number of anilines is 1. The average Bonchev–Trinajstić information content (AvgIpc) is 2.47. The summed E-state index contributed by atoms with van der Waals surface area (Å²) in [7, 11) is 0. The van der Waals surface area contributed by atoms with Crippen molar-refractivity contribution in [3.05, 3.63) is 29.8 Å². The van der Waals surface area contributed by atoms with Crippen LogP contribution in [0.5, 0.6) is 0 Å². The number of unbranched alkanes of at least 4 members (excludes halogenated alkanes) is 1. The summed E-state index contributed by atoms with van der Waals surface area (Å²) in [4.78, 5) is 0. The molecular formula is C16H23NO2. The van der Waals surface area contributed by atoms with Gasteiger partial charge in [-0.05, 0) is 31.2 Å². The van der Waals surface area contributed by atoms with Crippen LogP contribution in [-0.4, -0.2) is 24.9 Å². The Labute approximate surface area is 115 Å². The summed E-state index contributed by atoms with van der Waals surface area (Å²) in [5, 5.41) is 12.5. The molecule has 3 heteroatoms. The number of hydrogen-bond acceptors (Lipinski definition) is 3. The predicted octanol–water partition coefficient (Wildman–Crippen LogP) is 2.97. The van der Waals surface area contributed by atoms with Gasteiger partial charge in [0.2, 0.25) is 0 Å². The van der Waals surface area contributed by atoms with E-state index in [1.54, 1.807) is 0 Å². The number of rotatable bonds is 4. The number of para-hydroxylation sites is 1. The Morgan fingerprint density at radius 1 is 1.26 bits per heavy atom. The molecule has 0 aromatic heterocycles. The SMILES string of the molecule is OCCCC[C@@H]1CCO[C@@H]2c3ccccc3NC[C@H]12. The highest BCUT2D eigenvalue weighted by atomic mass is 16.5. The van der Waals surface area contributed by atoms with Gasteiger partial charge in [0.25, 0.3) is 0 Å². The number of aliphatic hydroxyl groups is 1. The van der Waals surface area contributed by atoms with E-state index in [9.17, 15) is 0 Å². The van der Waals surface area contributed by atoms with E-state index < -0.39 is 0 Å². The lowest BCUT2D eigenvalue weighted by atomic mass is 9.76. The van der Waals surface area contributed by atoms with Crippen molar-refractivity contribution < 1.29 is 9.84 Å². The van der Waals surface area contributed by atoms with Gasteiger partial charge in [-0.3, -0.25) is 0 Å². The number of aliphatic hydroxyl groups excluding tert-OH is 1. The summed E-state index contributed by atoms with van der Waals surface area (Å²) < 4.78 is 6.06. The fourth-order valence-electron chi connectivity index (χ4n) is 3.54. The molecule has 0 saturated carbocycles. The zero-order valence-electron chi connectivity index (χ0n) is 11.3. The molecule has 3 rings (SSSR count). The monoisotopic (exact) mass is 261 g/mol. The van der Waals surface area contributed by atoms with Crippen LogP contribution in [0.15, 0.2) is 24.3 Å². The first-order valence-corrected chi connectivity index (χ1v) is 7.45. The first kappa shape index (κ1) is 12.9. The fraction of sp³-hybridized carbons (Fsp3) is 0.625. The van der Waals surface area contributed by atoms with Gasteiger partial charge in [-0.1, -0.05) is 24.6 Å². The van der Waals surface area contributed by atoms with E-state index in [4.69, 9.17) is 9.84 Å². The number of fused-ring (bicyclic) bond motifs is 3. The third-order valence-corrected chi connectivity index (χ3v) is 4.56. The third-order valence-electron chi connectivity index (χ3n) is 4.56. The van der Waals surface area contributed by atoms with Crippen LogP contribution in [-0.2, 0) is 4.74 Å². The molecule has 1 fully saturated rings. The van der Waals surface area contributed by atoms with Crippen LogP contribution in [0, 0.1) is 11.8 Å². The smallest absolute Gasteiger partial charge is 0.0892 e. The van der Waals surface area contributed by atoms with Gasteiger partial charge in [0.1, 0.15) is 0 Å². The lowest BCUT2D eigenvalue weighted by Crippen LogP contribution is -2.38. The van der Waals surface area contributed by atoms with Crippen LogP contribution in [0.1, 0.15) is 37.4 Å². The molecule has 0 radical (unpaired) electrons. The van der Waals surface area contributed by atoms with Crippen LogP contribution in [0.25, 0.3) is 0 Å². The highest BCUT2D eigenvalue weighted by Crippen LogP contribution is 2.44. The highest BCUT2D eigenvalue weighted by molar-refractivity contribution is 5.54. The minimum absolute atomic E-state index is 0.269. The van der Waals surface area contributed by atoms with Crippen molar-refractivity contribution in [2.24, 2.45) is 11.8 Å². The van der Waals surface area contributed by atoms with Crippen molar-refractivity contribution in [2.45, 2.75) is 31.8 Å². The van der Waals surface area contributed by atoms with Gasteiger partial charge in [0.15, 0.2) is 0 Å². The normalized spacial score (nSPS) is 29.2. The fourth-order valence-corrected chi connectivity index (χ4v) is 3.54. The molecule has 0 unspecified atom stereocenters. The number of benzene rings is 1. The lowest BCUT2D eigenvalue weighted by Gasteiger charge is -2.42. The molecule has 1 aromatic carbocycles. The Hall–Kier alpha value is -1.06. The average molecular weight is 261 g/mol. The van der Waals surface area contributed by atoms with E-state index in [1.807, 2.05) is 0 Å². The number of ether oxygens (including phenoxy) is 1. The van der Waals surface area contributed by atoms with Crippen LogP contribution < -0.4 is 5.32 Å². The van der Waals surface area contributed by atoms with E-state index in [0.717, 1.165) is 38.3 Å². The van der Waals surface area contributed by atoms with Crippen LogP contribution in [0.4, 0.5) is 5.69 Å². The molecule has 1 aromatic rings. The van der Waals surface area contributed by atoms with Crippen LogP contribution in [0.2, 0.25) is 0 Å². The Balaban J connectivity index is 1.73. The second-order valence-electron chi connectivity index (χ2n) is 5.69. The molecule has 2 N–H and O–H groups in total. The number of nitrogens with one attached hydrogen (secondary N) is 1. The summed E-state index contributed by atoms with van der Waals surface area (Å²) in [5.74, 6) is 1.31. The Kier molecular flexibility index (Phi) is 4.04. The number of hydrogen-bond donors (Lipinski definition) is 2. The molecule has 2 heterocycles. The first-order valence-electron chi connectivity index (χ1n) is 7.45. The quantitative estimate of drug-likeness (QED) is 0.819. The van der Waals surface area contributed by atoms with Gasteiger partial charge >= 0.3 is 0 Å². The Morgan fingerprint density at radius 3 is 3.05 bits per heavy atom. The molecule has 0 amide bonds. The molecule has 104 valence electrons. The van der Waals surface area contributed by atoms with E-state index in [-0.39, 0.29) is 6.10 Å². The second kappa shape index (κ2) is 5.93. The molecule has 1 saturated heterocycles. The third kappa shape index (κ3) is 2.63. The second-order valence-corrected chi connectivity index (χ2v) is 5.69. The summed E-state index contributed by atoms with van der Waals surface area (Å²) in [6, 6.07) is 8.51. The van der Waals surface area contributed by atoms with Crippen molar-refractivity contribution in [1.29, 1.82) is 0 Å². The van der Waals surface area contributed by atoms with Crippen molar-refractivity contribution in [2.75, 3.05) is 25.1 Å². The maximum absolute atomic E-state index is 8.92. The zero-order chi connectivity index (χ0) is 13.1. The maximum atomic E-state index is 8.92. The summed E-state index contributed by atoms with van der Waals surface area (Å²) in [6.07, 6.45) is 4.71. The van der Waals surface area contributed by atoms with E-state index in [1.165, 1.54) is 17.7 Å². The molecule has 3 nitrogen and oxygen atoms in total. The largest absolute Gasteiger partial charge is 0.396 e. The lowest BCUT2D eigenvalue weighted by molar-refractivity contribution is -0.0593. The van der Waals surface area contributed by atoms with Gasteiger partial charge in [0.05, 0.1) is 6.10 Å². The topological polar surface area (TPSA) is 41.5 Å². The van der Waals surface area contributed by atoms with Gasteiger partial charge in [-0.15, -0.1) is 0 Å². The molecule has 3 atom stereocenters. The van der Waals surface area contributed by atoms with E-state index in [0.29, 0.717) is 12.5 Å². The molecule has 19 heavy (non-hydrogen) atoms. The zero-order valence-corrected chi connectivity index (χ0v) is 11.3. The van der Waals surface area contributed by atoms with Crippen molar-refractivity contribution in [3.8, 4) is 0 Å². The van der Waals surface area contributed by atoms with E-state index >= 15 is 0 Å². The molecule has 2 aliphatic rings. The Morgan fingerprint density at radius 2 is 2.16 bits per heavy atom. The first-order chi connectivity index (χ1) is 9.40. The minimum Gasteiger partial charge on any atom is -0.396 e. The molecular weight excluding hydrogens is 238 g/mol.